The predicted octanol–water partition coefficient (Wildman–Crippen LogP) is 0.416. The molecule has 0 spiro atoms. The molecule has 0 aliphatic rings. The summed E-state index contributed by atoms with van der Waals surface area (Å²) in [4.78, 5) is 23.2. The van der Waals surface area contributed by atoms with Crippen LogP contribution in [0.5, 0.6) is 0 Å². The first-order valence-corrected chi connectivity index (χ1v) is 5.33. The number of halogens is 2. The van der Waals surface area contributed by atoms with E-state index in [0.29, 0.717) is 0 Å². The number of nitrogens with zero attached hydrogens (tertiary/aromatic N) is 1. The molecule has 0 aromatic carbocycles. The van der Waals surface area contributed by atoms with Crippen molar-refractivity contribution in [3.8, 4) is 0 Å². The van der Waals surface area contributed by atoms with E-state index in [9.17, 15) is 18.4 Å². The van der Waals surface area contributed by atoms with Gasteiger partial charge in [0.1, 0.15) is 0 Å². The first kappa shape index (κ1) is 15.8. The van der Waals surface area contributed by atoms with Crippen molar-refractivity contribution in [2.45, 2.75) is 26.2 Å². The topological polar surface area (TPSA) is 66.8 Å². The first-order chi connectivity index (χ1) is 8.01. The van der Waals surface area contributed by atoms with Crippen LogP contribution in [0.1, 0.15) is 19.8 Å². The third kappa shape index (κ3) is 7.62. The highest BCUT2D eigenvalue weighted by molar-refractivity contribution is 5.81. The maximum Gasteiger partial charge on any atom is 0.306 e. The van der Waals surface area contributed by atoms with Crippen LogP contribution in [0.15, 0.2) is 0 Å². The molecular weight excluding hydrogens is 236 g/mol. The standard InChI is InChI=1S/C10H17F2NO4/c1-2-17-10(16)4-3-9(15)13(5-6-14)7-8(11)12/h8,14H,2-7H2,1H3. The highest BCUT2D eigenvalue weighted by atomic mass is 19.3. The van der Waals surface area contributed by atoms with E-state index in [2.05, 4.69) is 4.74 Å². The van der Waals surface area contributed by atoms with Gasteiger partial charge in [-0.2, -0.15) is 0 Å². The largest absolute Gasteiger partial charge is 0.466 e. The van der Waals surface area contributed by atoms with Gasteiger partial charge in [-0.1, -0.05) is 0 Å². The second-order valence-corrected chi connectivity index (χ2v) is 3.26. The van der Waals surface area contributed by atoms with Gasteiger partial charge in [-0.3, -0.25) is 9.59 Å². The molecule has 0 saturated carbocycles. The van der Waals surface area contributed by atoms with Gasteiger partial charge >= 0.3 is 5.97 Å². The molecule has 0 bridgehead atoms. The van der Waals surface area contributed by atoms with Crippen LogP contribution in [-0.2, 0) is 14.3 Å². The Kier molecular flexibility index (Phi) is 8.21. The Morgan fingerprint density at radius 2 is 2.00 bits per heavy atom. The number of carbonyl (C=O) groups excluding carboxylic acids is 2. The number of alkyl halides is 2. The van der Waals surface area contributed by atoms with Crippen molar-refractivity contribution in [3.05, 3.63) is 0 Å². The normalized spacial score (nSPS) is 10.4. The van der Waals surface area contributed by atoms with E-state index in [-0.39, 0.29) is 26.0 Å². The monoisotopic (exact) mass is 253 g/mol. The van der Waals surface area contributed by atoms with Gasteiger partial charge in [0, 0.05) is 13.0 Å². The number of carbonyl (C=O) groups is 2. The number of ether oxygens (including phenoxy) is 1. The maximum atomic E-state index is 12.1. The quantitative estimate of drug-likeness (QED) is 0.636. The fourth-order valence-corrected chi connectivity index (χ4v) is 1.21. The summed E-state index contributed by atoms with van der Waals surface area (Å²) in [5.74, 6) is -1.13. The lowest BCUT2D eigenvalue weighted by Crippen LogP contribution is -2.37. The fourth-order valence-electron chi connectivity index (χ4n) is 1.21. The molecular formula is C10H17F2NO4. The van der Waals surface area contributed by atoms with E-state index in [1.807, 2.05) is 0 Å². The van der Waals surface area contributed by atoms with Crippen molar-refractivity contribution in [1.82, 2.24) is 4.90 Å². The molecule has 1 amide bonds. The number of aliphatic hydroxyl groups is 1. The molecule has 0 aromatic heterocycles. The lowest BCUT2D eigenvalue weighted by molar-refractivity contribution is -0.146. The summed E-state index contributed by atoms with van der Waals surface area (Å²) in [6.07, 6.45) is -2.99. The van der Waals surface area contributed by atoms with Gasteiger partial charge in [0.2, 0.25) is 5.91 Å². The molecule has 0 saturated heterocycles. The van der Waals surface area contributed by atoms with E-state index in [4.69, 9.17) is 5.11 Å². The highest BCUT2D eigenvalue weighted by Gasteiger charge is 2.18. The molecule has 0 fully saturated rings. The maximum absolute atomic E-state index is 12.1. The van der Waals surface area contributed by atoms with Gasteiger partial charge in [0.25, 0.3) is 6.43 Å². The molecule has 0 radical (unpaired) electrons. The molecule has 100 valence electrons. The third-order valence-corrected chi connectivity index (χ3v) is 1.93. The van der Waals surface area contributed by atoms with Crippen LogP contribution in [0.25, 0.3) is 0 Å². The summed E-state index contributed by atoms with van der Waals surface area (Å²) in [5.41, 5.74) is 0. The van der Waals surface area contributed by atoms with Gasteiger partial charge in [-0.05, 0) is 6.92 Å². The Balaban J connectivity index is 4.09. The van der Waals surface area contributed by atoms with Crippen molar-refractivity contribution >= 4 is 11.9 Å². The van der Waals surface area contributed by atoms with Crippen molar-refractivity contribution in [2.75, 3.05) is 26.3 Å². The lowest BCUT2D eigenvalue weighted by atomic mass is 10.2. The van der Waals surface area contributed by atoms with Crippen molar-refractivity contribution < 1.29 is 28.2 Å². The van der Waals surface area contributed by atoms with Crippen LogP contribution in [0.4, 0.5) is 8.78 Å². The van der Waals surface area contributed by atoms with E-state index < -0.39 is 31.5 Å². The Hall–Kier alpha value is -1.24. The van der Waals surface area contributed by atoms with Crippen molar-refractivity contribution in [1.29, 1.82) is 0 Å². The first-order valence-electron chi connectivity index (χ1n) is 5.33. The Bertz CT molecular complexity index is 248. The molecule has 17 heavy (non-hydrogen) atoms. The SMILES string of the molecule is CCOC(=O)CCC(=O)N(CCO)CC(F)F. The molecule has 5 nitrogen and oxygen atoms in total. The molecule has 0 heterocycles. The van der Waals surface area contributed by atoms with Crippen molar-refractivity contribution in [3.63, 3.8) is 0 Å². The van der Waals surface area contributed by atoms with Gasteiger partial charge < -0.3 is 14.7 Å². The van der Waals surface area contributed by atoms with E-state index >= 15 is 0 Å². The van der Waals surface area contributed by atoms with Crippen LogP contribution in [0, 0.1) is 0 Å². The van der Waals surface area contributed by atoms with E-state index in [1.165, 1.54) is 0 Å². The van der Waals surface area contributed by atoms with E-state index in [1.54, 1.807) is 6.92 Å². The molecule has 0 atom stereocenters. The molecule has 0 aliphatic carbocycles. The molecule has 1 N–H and O–H groups in total. The number of amides is 1. The summed E-state index contributed by atoms with van der Waals surface area (Å²) >= 11 is 0. The third-order valence-electron chi connectivity index (χ3n) is 1.93. The molecule has 0 rings (SSSR count). The molecule has 0 aliphatic heterocycles. The van der Waals surface area contributed by atoms with Gasteiger partial charge in [-0.15, -0.1) is 0 Å². The predicted molar refractivity (Wildman–Crippen MR) is 55.5 cm³/mol. The van der Waals surface area contributed by atoms with Crippen LogP contribution in [0.2, 0.25) is 0 Å². The summed E-state index contributed by atoms with van der Waals surface area (Å²) in [6, 6.07) is 0. The lowest BCUT2D eigenvalue weighted by Gasteiger charge is -2.20. The molecule has 0 unspecified atom stereocenters. The zero-order chi connectivity index (χ0) is 13.3. The zero-order valence-electron chi connectivity index (χ0n) is 9.70. The van der Waals surface area contributed by atoms with Crippen LogP contribution < -0.4 is 0 Å². The smallest absolute Gasteiger partial charge is 0.306 e. The molecule has 7 heteroatoms. The summed E-state index contributed by atoms with van der Waals surface area (Å²) in [6.45, 7) is 0.561. The average Bonchev–Trinajstić information content (AvgIpc) is 2.25. The van der Waals surface area contributed by atoms with Gasteiger partial charge in [0.05, 0.1) is 26.2 Å². The summed E-state index contributed by atoms with van der Waals surface area (Å²) in [7, 11) is 0. The minimum absolute atomic E-state index is 0.141. The number of aliphatic hydroxyl groups excluding tert-OH is 1. The van der Waals surface area contributed by atoms with E-state index in [0.717, 1.165) is 4.90 Å². The van der Waals surface area contributed by atoms with Gasteiger partial charge in [-0.25, -0.2) is 8.78 Å². The number of esters is 1. The van der Waals surface area contributed by atoms with Crippen LogP contribution in [-0.4, -0.2) is 54.6 Å². The van der Waals surface area contributed by atoms with Crippen molar-refractivity contribution in [2.24, 2.45) is 0 Å². The minimum Gasteiger partial charge on any atom is -0.466 e. The number of hydrogen-bond acceptors (Lipinski definition) is 4. The fraction of sp³-hybridized carbons (Fsp3) is 0.800. The Morgan fingerprint density at radius 3 is 2.47 bits per heavy atom. The second-order valence-electron chi connectivity index (χ2n) is 3.26. The highest BCUT2D eigenvalue weighted by Crippen LogP contribution is 2.03. The Morgan fingerprint density at radius 1 is 1.35 bits per heavy atom. The van der Waals surface area contributed by atoms with Crippen LogP contribution >= 0.6 is 0 Å². The molecule has 0 aromatic rings. The zero-order valence-corrected chi connectivity index (χ0v) is 9.70. The minimum atomic E-state index is -2.66. The van der Waals surface area contributed by atoms with Crippen LogP contribution in [0.3, 0.4) is 0 Å². The van der Waals surface area contributed by atoms with Gasteiger partial charge in [0.15, 0.2) is 0 Å². The summed E-state index contributed by atoms with van der Waals surface area (Å²) < 4.78 is 28.8. The second kappa shape index (κ2) is 8.86. The number of rotatable bonds is 8. The number of hydrogen-bond donors (Lipinski definition) is 1. The average molecular weight is 253 g/mol. The Labute approximate surface area is 98.3 Å². The summed E-state index contributed by atoms with van der Waals surface area (Å²) in [5, 5.41) is 8.63.